The standard InChI is InChI=1S/C34H36Cl2N2O5S/c1-34(20-31(39)40)19-29(24-6-5-7-26(36)18-24)32(23-12-14-25(35)15-13-23)38(33(34)41)30(22-10-11-22)21-37(27-8-3-2-4-9-27)44(42,43)28-16-17-28/h2-9,12-15,18,22,28-30,32H,10-11,16-17,19-21H2,1H3,(H,39,40)/t29-,30-,32-,34+/m1/s1. The third kappa shape index (κ3) is 6.22. The minimum absolute atomic E-state index is 0.0709. The highest BCUT2D eigenvalue weighted by Crippen LogP contribution is 2.54. The van der Waals surface area contributed by atoms with E-state index in [4.69, 9.17) is 23.2 Å². The second-order valence-electron chi connectivity index (χ2n) is 12.7. The predicted octanol–water partition coefficient (Wildman–Crippen LogP) is 7.31. The van der Waals surface area contributed by atoms with E-state index in [0.717, 1.165) is 24.0 Å². The summed E-state index contributed by atoms with van der Waals surface area (Å²) in [5.41, 5.74) is 1.10. The minimum Gasteiger partial charge on any atom is -0.481 e. The molecule has 2 aliphatic carbocycles. The van der Waals surface area contributed by atoms with E-state index in [-0.39, 0.29) is 30.7 Å². The Balaban J connectivity index is 1.52. The van der Waals surface area contributed by atoms with Crippen molar-refractivity contribution >= 4 is 50.8 Å². The molecule has 7 nitrogen and oxygen atoms in total. The fourth-order valence-electron chi connectivity index (χ4n) is 6.86. The number of carbonyl (C=O) groups is 2. The number of carboxylic acid groups (broad SMARTS) is 1. The molecule has 232 valence electrons. The van der Waals surface area contributed by atoms with Gasteiger partial charge >= 0.3 is 5.97 Å². The number of nitrogens with zero attached hydrogens (tertiary/aromatic N) is 2. The van der Waals surface area contributed by atoms with Crippen LogP contribution in [-0.4, -0.2) is 48.1 Å². The van der Waals surface area contributed by atoms with Gasteiger partial charge in [0.2, 0.25) is 15.9 Å². The maximum absolute atomic E-state index is 14.8. The van der Waals surface area contributed by atoms with E-state index in [1.165, 1.54) is 4.31 Å². The second kappa shape index (κ2) is 12.0. The number of rotatable bonds is 11. The monoisotopic (exact) mass is 654 g/mol. The molecule has 6 rings (SSSR count). The zero-order chi connectivity index (χ0) is 31.2. The minimum atomic E-state index is -3.68. The molecule has 44 heavy (non-hydrogen) atoms. The summed E-state index contributed by atoms with van der Waals surface area (Å²) in [7, 11) is -3.68. The molecule has 3 aliphatic rings. The fourth-order valence-corrected chi connectivity index (χ4v) is 9.05. The first kappa shape index (κ1) is 30.9. The largest absolute Gasteiger partial charge is 0.481 e. The SMILES string of the molecule is C[C@@]1(CC(=O)O)C[C@H](c2cccc(Cl)c2)[C@@H](c2ccc(Cl)cc2)N([C@H](CN(c2ccccc2)S(=O)(=O)C2CC2)C2CC2)C1=O. The number of aliphatic carboxylic acids is 1. The Morgan fingerprint density at radius 1 is 0.955 bits per heavy atom. The summed E-state index contributed by atoms with van der Waals surface area (Å²) in [6.45, 7) is 1.82. The molecule has 1 heterocycles. The van der Waals surface area contributed by atoms with E-state index >= 15 is 0 Å². The van der Waals surface area contributed by atoms with Crippen LogP contribution in [0.4, 0.5) is 5.69 Å². The summed E-state index contributed by atoms with van der Waals surface area (Å²) in [5.74, 6) is -1.56. The van der Waals surface area contributed by atoms with Gasteiger partial charge in [0.25, 0.3) is 0 Å². The van der Waals surface area contributed by atoms with E-state index in [0.29, 0.717) is 35.0 Å². The molecule has 0 radical (unpaired) electrons. The zero-order valence-corrected chi connectivity index (χ0v) is 26.8. The third-order valence-corrected chi connectivity index (χ3v) is 12.1. The molecular weight excluding hydrogens is 619 g/mol. The zero-order valence-electron chi connectivity index (χ0n) is 24.5. The number of likely N-dealkylation sites (tertiary alicyclic amines) is 1. The molecule has 3 aromatic rings. The number of para-hydroxylation sites is 1. The van der Waals surface area contributed by atoms with Gasteiger partial charge in [-0.1, -0.05) is 72.6 Å². The van der Waals surface area contributed by atoms with Gasteiger partial charge in [-0.3, -0.25) is 13.9 Å². The molecule has 1 amide bonds. The number of benzene rings is 3. The lowest BCUT2D eigenvalue weighted by molar-refractivity contribution is -0.160. The van der Waals surface area contributed by atoms with E-state index < -0.39 is 38.7 Å². The second-order valence-corrected chi connectivity index (χ2v) is 15.7. The number of hydrogen-bond acceptors (Lipinski definition) is 4. The summed E-state index contributed by atoms with van der Waals surface area (Å²) in [5, 5.41) is 10.6. The number of sulfonamides is 1. The number of hydrogen-bond donors (Lipinski definition) is 1. The lowest BCUT2D eigenvalue weighted by Gasteiger charge is -2.52. The van der Waals surface area contributed by atoms with Gasteiger partial charge in [-0.15, -0.1) is 0 Å². The first-order chi connectivity index (χ1) is 21.0. The van der Waals surface area contributed by atoms with Crippen molar-refractivity contribution < 1.29 is 23.1 Å². The van der Waals surface area contributed by atoms with Crippen LogP contribution in [0.3, 0.4) is 0 Å². The summed E-state index contributed by atoms with van der Waals surface area (Å²) in [4.78, 5) is 28.9. The molecule has 1 aliphatic heterocycles. The molecule has 2 saturated carbocycles. The first-order valence-corrected chi connectivity index (χ1v) is 17.4. The highest BCUT2D eigenvalue weighted by Gasteiger charge is 2.55. The van der Waals surface area contributed by atoms with Crippen LogP contribution in [0.25, 0.3) is 0 Å². The predicted molar refractivity (Wildman–Crippen MR) is 172 cm³/mol. The van der Waals surface area contributed by atoms with E-state index in [2.05, 4.69) is 0 Å². The van der Waals surface area contributed by atoms with Crippen molar-refractivity contribution in [2.75, 3.05) is 10.8 Å². The Hall–Kier alpha value is -3.07. The maximum atomic E-state index is 14.8. The third-order valence-electron chi connectivity index (χ3n) is 9.31. The van der Waals surface area contributed by atoms with Crippen LogP contribution in [0, 0.1) is 11.3 Å². The molecule has 0 spiro atoms. The van der Waals surface area contributed by atoms with Crippen molar-refractivity contribution in [3.8, 4) is 0 Å². The van der Waals surface area contributed by atoms with Crippen LogP contribution in [-0.2, 0) is 19.6 Å². The highest BCUT2D eigenvalue weighted by atomic mass is 35.5. The maximum Gasteiger partial charge on any atom is 0.304 e. The van der Waals surface area contributed by atoms with Gasteiger partial charge in [0.1, 0.15) is 0 Å². The van der Waals surface area contributed by atoms with Crippen molar-refractivity contribution in [1.29, 1.82) is 0 Å². The van der Waals surface area contributed by atoms with Gasteiger partial charge < -0.3 is 10.0 Å². The Morgan fingerprint density at radius 2 is 1.64 bits per heavy atom. The average molecular weight is 656 g/mol. The molecule has 3 aromatic carbocycles. The summed E-state index contributed by atoms with van der Waals surface area (Å²) >= 11 is 12.8. The first-order valence-electron chi connectivity index (χ1n) is 15.1. The molecule has 4 atom stereocenters. The average Bonchev–Trinajstić information content (AvgIpc) is 3.89. The smallest absolute Gasteiger partial charge is 0.304 e. The Bertz CT molecular complexity index is 1640. The van der Waals surface area contributed by atoms with Crippen molar-refractivity contribution in [2.45, 2.75) is 68.7 Å². The van der Waals surface area contributed by atoms with Crippen LogP contribution in [0.5, 0.6) is 0 Å². The topological polar surface area (TPSA) is 95.0 Å². The van der Waals surface area contributed by atoms with E-state index in [1.54, 1.807) is 37.3 Å². The molecule has 0 unspecified atom stereocenters. The van der Waals surface area contributed by atoms with Crippen LogP contribution in [0.1, 0.15) is 68.5 Å². The lowest BCUT2D eigenvalue weighted by atomic mass is 9.67. The van der Waals surface area contributed by atoms with Crippen molar-refractivity contribution in [3.63, 3.8) is 0 Å². The van der Waals surface area contributed by atoms with Gasteiger partial charge in [0.05, 0.1) is 41.4 Å². The Labute approximate surface area is 268 Å². The number of piperidine rings is 1. The number of amides is 1. The van der Waals surface area contributed by atoms with Crippen molar-refractivity contribution in [2.24, 2.45) is 11.3 Å². The van der Waals surface area contributed by atoms with Crippen molar-refractivity contribution in [1.82, 2.24) is 4.90 Å². The van der Waals surface area contributed by atoms with Crippen LogP contribution in [0.2, 0.25) is 10.0 Å². The fraction of sp³-hybridized carbons (Fsp3) is 0.412. The van der Waals surface area contributed by atoms with Crippen LogP contribution < -0.4 is 4.31 Å². The van der Waals surface area contributed by atoms with Crippen LogP contribution >= 0.6 is 23.2 Å². The summed E-state index contributed by atoms with van der Waals surface area (Å²) < 4.78 is 29.4. The molecule has 0 aromatic heterocycles. The Kier molecular flexibility index (Phi) is 8.46. The number of halogens is 2. The van der Waals surface area contributed by atoms with Gasteiger partial charge in [-0.2, -0.15) is 0 Å². The number of anilines is 1. The van der Waals surface area contributed by atoms with Crippen LogP contribution in [0.15, 0.2) is 78.9 Å². The molecular formula is C34H36Cl2N2O5S. The van der Waals surface area contributed by atoms with Crippen molar-refractivity contribution in [3.05, 3.63) is 100 Å². The molecule has 0 bridgehead atoms. The number of carboxylic acids is 1. The van der Waals surface area contributed by atoms with E-state index in [1.807, 2.05) is 53.4 Å². The van der Waals surface area contributed by atoms with Gasteiger partial charge in [0.15, 0.2) is 0 Å². The summed E-state index contributed by atoms with van der Waals surface area (Å²) in [6, 6.07) is 23.0. The molecule has 1 N–H and O–H groups in total. The lowest BCUT2D eigenvalue weighted by Crippen LogP contribution is -2.59. The van der Waals surface area contributed by atoms with Gasteiger partial charge in [-0.05, 0) is 85.5 Å². The Morgan fingerprint density at radius 3 is 2.23 bits per heavy atom. The molecule has 1 saturated heterocycles. The van der Waals surface area contributed by atoms with E-state index in [9.17, 15) is 23.1 Å². The molecule has 10 heteroatoms. The summed E-state index contributed by atoms with van der Waals surface area (Å²) in [6.07, 6.45) is 2.89. The van der Waals surface area contributed by atoms with Gasteiger partial charge in [-0.25, -0.2) is 8.42 Å². The normalized spacial score (nSPS) is 24.6. The highest BCUT2D eigenvalue weighted by molar-refractivity contribution is 7.93. The number of carbonyl (C=O) groups excluding carboxylic acids is 1. The van der Waals surface area contributed by atoms with Gasteiger partial charge in [0, 0.05) is 16.0 Å². The molecule has 3 fully saturated rings. The quantitative estimate of drug-likeness (QED) is 0.234.